The summed E-state index contributed by atoms with van der Waals surface area (Å²) < 4.78 is 0. The highest BCUT2D eigenvalue weighted by Gasteiger charge is 2.05. The molecule has 2 rings (SSSR count). The van der Waals surface area contributed by atoms with Crippen molar-refractivity contribution in [2.75, 3.05) is 11.9 Å². The van der Waals surface area contributed by atoms with Crippen LogP contribution in [0.4, 0.5) is 11.5 Å². The van der Waals surface area contributed by atoms with Gasteiger partial charge in [0.1, 0.15) is 11.9 Å². The molecule has 1 aromatic carbocycles. The topological polar surface area (TPSA) is 91.8 Å². The summed E-state index contributed by atoms with van der Waals surface area (Å²) in [5, 5.41) is 22.7. The Labute approximate surface area is 122 Å². The molecule has 0 aliphatic carbocycles. The van der Waals surface area contributed by atoms with Crippen LogP contribution in [-0.2, 0) is 6.42 Å². The maximum Gasteiger partial charge on any atom is 0.269 e. The Morgan fingerprint density at radius 1 is 1.29 bits per heavy atom. The van der Waals surface area contributed by atoms with Gasteiger partial charge in [0.25, 0.3) is 5.69 Å². The minimum Gasteiger partial charge on any atom is -0.369 e. The summed E-state index contributed by atoms with van der Waals surface area (Å²) in [4.78, 5) is 14.4. The quantitative estimate of drug-likeness (QED) is 0.672. The third-order valence-corrected chi connectivity index (χ3v) is 3.01. The zero-order valence-corrected chi connectivity index (χ0v) is 11.5. The van der Waals surface area contributed by atoms with Crippen molar-refractivity contribution in [1.82, 2.24) is 4.98 Å². The number of rotatable bonds is 5. The highest BCUT2D eigenvalue weighted by Crippen LogP contribution is 2.14. The molecule has 1 aromatic heterocycles. The molecule has 0 aliphatic heterocycles. The van der Waals surface area contributed by atoms with Crippen LogP contribution in [0.5, 0.6) is 0 Å². The highest BCUT2D eigenvalue weighted by atomic mass is 16.6. The van der Waals surface area contributed by atoms with Gasteiger partial charge >= 0.3 is 0 Å². The van der Waals surface area contributed by atoms with Crippen molar-refractivity contribution in [2.45, 2.75) is 13.3 Å². The summed E-state index contributed by atoms with van der Waals surface area (Å²) in [7, 11) is 0. The summed E-state index contributed by atoms with van der Waals surface area (Å²) in [6.07, 6.45) is 0.693. The molecule has 0 atom stereocenters. The maximum absolute atomic E-state index is 10.6. The maximum atomic E-state index is 10.6. The number of nitro groups is 1. The van der Waals surface area contributed by atoms with Crippen molar-refractivity contribution in [3.63, 3.8) is 0 Å². The molecule has 0 amide bonds. The van der Waals surface area contributed by atoms with Crippen molar-refractivity contribution >= 4 is 11.5 Å². The minimum atomic E-state index is -0.419. The minimum absolute atomic E-state index is 0.0822. The Hall–Kier alpha value is -2.94. The molecule has 1 N–H and O–H groups in total. The molecule has 0 radical (unpaired) electrons. The summed E-state index contributed by atoms with van der Waals surface area (Å²) in [5.74, 6) is 0.569. The van der Waals surface area contributed by atoms with Gasteiger partial charge in [0, 0.05) is 24.4 Å². The number of hydrogen-bond acceptors (Lipinski definition) is 5. The average Bonchev–Trinajstić information content (AvgIpc) is 2.48. The molecule has 0 saturated carbocycles. The molecule has 0 bridgehead atoms. The first-order valence-corrected chi connectivity index (χ1v) is 6.45. The number of aryl methyl sites for hydroxylation is 1. The van der Waals surface area contributed by atoms with Crippen LogP contribution in [0, 0.1) is 28.4 Å². The third kappa shape index (κ3) is 3.76. The molecule has 2 aromatic rings. The van der Waals surface area contributed by atoms with E-state index in [1.165, 1.54) is 12.1 Å². The second-order valence-corrected chi connectivity index (χ2v) is 4.56. The Bertz CT molecular complexity index is 690. The lowest BCUT2D eigenvalue weighted by molar-refractivity contribution is -0.384. The molecular formula is C15H14N4O2. The van der Waals surface area contributed by atoms with Gasteiger partial charge in [-0.2, -0.15) is 5.26 Å². The zero-order valence-electron chi connectivity index (χ0n) is 11.5. The van der Waals surface area contributed by atoms with Crippen molar-refractivity contribution in [3.8, 4) is 6.07 Å². The molecule has 6 heteroatoms. The second-order valence-electron chi connectivity index (χ2n) is 4.56. The second kappa shape index (κ2) is 6.48. The first-order valence-electron chi connectivity index (χ1n) is 6.45. The number of nitriles is 1. The Balaban J connectivity index is 1.97. The van der Waals surface area contributed by atoms with E-state index in [2.05, 4.69) is 16.4 Å². The summed E-state index contributed by atoms with van der Waals surface area (Å²) in [6.45, 7) is 2.46. The predicted octanol–water partition coefficient (Wildman–Crippen LogP) is 2.82. The number of nitro benzene ring substituents is 1. The molecule has 0 fully saturated rings. The van der Waals surface area contributed by atoms with Gasteiger partial charge in [-0.15, -0.1) is 0 Å². The lowest BCUT2D eigenvalue weighted by Crippen LogP contribution is -2.08. The fourth-order valence-corrected chi connectivity index (χ4v) is 1.89. The van der Waals surface area contributed by atoms with E-state index in [-0.39, 0.29) is 5.69 Å². The van der Waals surface area contributed by atoms with Crippen LogP contribution in [-0.4, -0.2) is 16.5 Å². The molecule has 0 spiro atoms. The normalized spacial score (nSPS) is 9.90. The van der Waals surface area contributed by atoms with Gasteiger partial charge in [-0.3, -0.25) is 10.1 Å². The monoisotopic (exact) mass is 282 g/mol. The molecule has 1 heterocycles. The van der Waals surface area contributed by atoms with Crippen molar-refractivity contribution in [2.24, 2.45) is 0 Å². The largest absolute Gasteiger partial charge is 0.369 e. The van der Waals surface area contributed by atoms with Crippen molar-refractivity contribution in [3.05, 3.63) is 63.3 Å². The first-order chi connectivity index (χ1) is 10.1. The van der Waals surface area contributed by atoms with Gasteiger partial charge in [0.05, 0.1) is 10.5 Å². The van der Waals surface area contributed by atoms with Gasteiger partial charge in [0.2, 0.25) is 0 Å². The molecule has 21 heavy (non-hydrogen) atoms. The average molecular weight is 282 g/mol. The fourth-order valence-electron chi connectivity index (χ4n) is 1.89. The summed E-state index contributed by atoms with van der Waals surface area (Å²) in [5.41, 5.74) is 2.41. The number of anilines is 1. The van der Waals surface area contributed by atoms with E-state index >= 15 is 0 Å². The first kappa shape index (κ1) is 14.5. The van der Waals surface area contributed by atoms with E-state index in [9.17, 15) is 10.1 Å². The number of pyridine rings is 1. The van der Waals surface area contributed by atoms with E-state index in [0.29, 0.717) is 24.3 Å². The molecule has 6 nitrogen and oxygen atoms in total. The van der Waals surface area contributed by atoms with E-state index in [1.54, 1.807) is 24.3 Å². The van der Waals surface area contributed by atoms with E-state index in [4.69, 9.17) is 5.26 Å². The fraction of sp³-hybridized carbons (Fsp3) is 0.200. The van der Waals surface area contributed by atoms with E-state index in [1.807, 2.05) is 6.92 Å². The molecule has 106 valence electrons. The van der Waals surface area contributed by atoms with Crippen LogP contribution in [0.25, 0.3) is 0 Å². The van der Waals surface area contributed by atoms with Crippen LogP contribution in [0.1, 0.15) is 16.8 Å². The Kier molecular flexibility index (Phi) is 4.46. The summed E-state index contributed by atoms with van der Waals surface area (Å²) >= 11 is 0. The van der Waals surface area contributed by atoms with E-state index < -0.39 is 4.92 Å². The van der Waals surface area contributed by atoms with Crippen LogP contribution in [0.3, 0.4) is 0 Å². The van der Waals surface area contributed by atoms with Crippen LogP contribution in [0.2, 0.25) is 0 Å². The number of nitrogens with one attached hydrogen (secondary N) is 1. The third-order valence-electron chi connectivity index (χ3n) is 3.01. The standard InChI is InChI=1S/C15H14N4O2/c1-11-2-5-13(10-16)15(18-11)17-9-8-12-3-6-14(7-4-12)19(20)21/h2-7H,8-9H2,1H3,(H,17,18). The predicted molar refractivity (Wildman–Crippen MR) is 79.0 cm³/mol. The lowest BCUT2D eigenvalue weighted by atomic mass is 10.1. The van der Waals surface area contributed by atoms with E-state index in [0.717, 1.165) is 11.3 Å². The smallest absolute Gasteiger partial charge is 0.269 e. The van der Waals surface area contributed by atoms with Gasteiger partial charge in [-0.1, -0.05) is 12.1 Å². The Morgan fingerprint density at radius 2 is 2.00 bits per heavy atom. The van der Waals surface area contributed by atoms with Gasteiger partial charge in [-0.05, 0) is 31.0 Å². The van der Waals surface area contributed by atoms with Crippen LogP contribution < -0.4 is 5.32 Å². The molecule has 0 aliphatic rings. The van der Waals surface area contributed by atoms with Crippen molar-refractivity contribution < 1.29 is 4.92 Å². The molecular weight excluding hydrogens is 268 g/mol. The SMILES string of the molecule is Cc1ccc(C#N)c(NCCc2ccc([N+](=O)[O-])cc2)n1. The summed E-state index contributed by atoms with van der Waals surface area (Å²) in [6, 6.07) is 12.1. The number of non-ortho nitro benzene ring substituents is 1. The number of benzene rings is 1. The van der Waals surface area contributed by atoms with Gasteiger partial charge in [-0.25, -0.2) is 4.98 Å². The molecule has 0 saturated heterocycles. The van der Waals surface area contributed by atoms with Gasteiger partial charge < -0.3 is 5.32 Å². The van der Waals surface area contributed by atoms with Crippen LogP contribution in [0.15, 0.2) is 36.4 Å². The van der Waals surface area contributed by atoms with Crippen molar-refractivity contribution in [1.29, 1.82) is 5.26 Å². The van der Waals surface area contributed by atoms with Gasteiger partial charge in [0.15, 0.2) is 0 Å². The number of aromatic nitrogens is 1. The number of hydrogen-bond donors (Lipinski definition) is 1. The van der Waals surface area contributed by atoms with Crippen LogP contribution >= 0.6 is 0 Å². The lowest BCUT2D eigenvalue weighted by Gasteiger charge is -2.08. The Morgan fingerprint density at radius 3 is 2.62 bits per heavy atom. The number of nitrogens with zero attached hydrogens (tertiary/aromatic N) is 3. The highest BCUT2D eigenvalue weighted by molar-refractivity contribution is 5.52. The zero-order chi connectivity index (χ0) is 15.2. The molecule has 0 unspecified atom stereocenters.